The second-order valence-corrected chi connectivity index (χ2v) is 6.99. The number of rotatable bonds is 1. The molecule has 2 aromatic carbocycles. The minimum absolute atomic E-state index is 0.00266. The zero-order valence-electron chi connectivity index (χ0n) is 14.5. The molecule has 1 aromatic heterocycles. The Bertz CT molecular complexity index is 1270. The number of nitrogen functional groups attached to an aromatic ring is 1. The van der Waals surface area contributed by atoms with E-state index in [1.807, 2.05) is 30.3 Å². The van der Waals surface area contributed by atoms with Crippen molar-refractivity contribution in [3.05, 3.63) is 80.4 Å². The summed E-state index contributed by atoms with van der Waals surface area (Å²) in [6.07, 6.45) is 1.69. The minimum atomic E-state index is -0.583. The Morgan fingerprint density at radius 1 is 0.889 bits per heavy atom. The van der Waals surface area contributed by atoms with Crippen molar-refractivity contribution in [2.75, 3.05) is 5.73 Å². The van der Waals surface area contributed by atoms with Crippen molar-refractivity contribution in [2.45, 2.75) is 25.3 Å². The first-order chi connectivity index (χ1) is 13.1. The summed E-state index contributed by atoms with van der Waals surface area (Å²) in [5.41, 5.74) is 7.64. The van der Waals surface area contributed by atoms with Gasteiger partial charge in [-0.3, -0.25) is 14.4 Å². The van der Waals surface area contributed by atoms with E-state index < -0.39 is 6.04 Å². The first kappa shape index (κ1) is 15.8. The summed E-state index contributed by atoms with van der Waals surface area (Å²) in [5.74, 6) is -0.00266. The second kappa shape index (κ2) is 5.54. The zero-order chi connectivity index (χ0) is 18.7. The van der Waals surface area contributed by atoms with Crippen LogP contribution in [0.3, 0.4) is 0 Å². The molecule has 0 spiro atoms. The van der Waals surface area contributed by atoms with Crippen LogP contribution in [0.5, 0.6) is 0 Å². The minimum Gasteiger partial charge on any atom is -0.398 e. The molecular formula is C21H17N3O3. The van der Waals surface area contributed by atoms with Crippen LogP contribution in [-0.2, 0) is 4.79 Å². The lowest BCUT2D eigenvalue weighted by Gasteiger charge is -2.18. The number of ketones is 1. The van der Waals surface area contributed by atoms with Crippen molar-refractivity contribution < 1.29 is 4.79 Å². The summed E-state index contributed by atoms with van der Waals surface area (Å²) in [7, 11) is 0. The Morgan fingerprint density at radius 3 is 2.44 bits per heavy atom. The molecule has 1 unspecified atom stereocenters. The van der Waals surface area contributed by atoms with E-state index in [1.54, 1.807) is 18.2 Å². The topological polar surface area (TPSA) is 87.1 Å². The zero-order valence-corrected chi connectivity index (χ0v) is 14.5. The van der Waals surface area contributed by atoms with Gasteiger partial charge >= 0.3 is 0 Å². The van der Waals surface area contributed by atoms with Gasteiger partial charge in [-0.2, -0.15) is 0 Å². The third-order valence-electron chi connectivity index (χ3n) is 5.47. The van der Waals surface area contributed by atoms with Gasteiger partial charge in [-0.15, -0.1) is 0 Å². The molecule has 0 bridgehead atoms. The lowest BCUT2D eigenvalue weighted by molar-refractivity contribution is -0.116. The number of allylic oxidation sites excluding steroid dienone is 2. The van der Waals surface area contributed by atoms with Crippen LogP contribution in [0.1, 0.15) is 30.9 Å². The van der Waals surface area contributed by atoms with Crippen molar-refractivity contribution in [3.8, 4) is 0 Å². The number of nitrogens with zero attached hydrogens (tertiary/aromatic N) is 2. The van der Waals surface area contributed by atoms with Gasteiger partial charge < -0.3 is 5.73 Å². The van der Waals surface area contributed by atoms with Crippen LogP contribution in [0.2, 0.25) is 0 Å². The maximum absolute atomic E-state index is 13.4. The molecule has 1 aliphatic heterocycles. The number of aromatic nitrogens is 2. The Kier molecular flexibility index (Phi) is 3.25. The summed E-state index contributed by atoms with van der Waals surface area (Å²) < 4.78 is 2.83. The molecule has 2 N–H and O–H groups in total. The number of carbonyl (C=O) groups is 1. The van der Waals surface area contributed by atoms with Gasteiger partial charge in [0.1, 0.15) is 6.04 Å². The van der Waals surface area contributed by atoms with Gasteiger partial charge in [-0.25, -0.2) is 9.36 Å². The average molecular weight is 359 g/mol. The summed E-state index contributed by atoms with van der Waals surface area (Å²) >= 11 is 0. The molecule has 5 rings (SSSR count). The number of benzene rings is 2. The van der Waals surface area contributed by atoms with E-state index in [0.29, 0.717) is 30.5 Å². The summed E-state index contributed by atoms with van der Waals surface area (Å²) in [6, 6.07) is 13.7. The molecule has 134 valence electrons. The fourth-order valence-electron chi connectivity index (χ4n) is 4.33. The molecule has 2 aliphatic rings. The number of hydrogen-bond donors (Lipinski definition) is 1. The molecular weight excluding hydrogens is 342 g/mol. The second-order valence-electron chi connectivity index (χ2n) is 6.99. The molecule has 0 saturated heterocycles. The van der Waals surface area contributed by atoms with Crippen LogP contribution in [0.15, 0.2) is 63.7 Å². The van der Waals surface area contributed by atoms with Gasteiger partial charge in [0.2, 0.25) is 0 Å². The van der Waals surface area contributed by atoms with E-state index in [9.17, 15) is 14.4 Å². The predicted octanol–water partition coefficient (Wildman–Crippen LogP) is 2.31. The monoisotopic (exact) mass is 359 g/mol. The first-order valence-corrected chi connectivity index (χ1v) is 8.97. The highest BCUT2D eigenvalue weighted by Crippen LogP contribution is 2.40. The number of anilines is 1. The maximum Gasteiger partial charge on any atom is 0.279 e. The van der Waals surface area contributed by atoms with E-state index in [4.69, 9.17) is 5.73 Å². The van der Waals surface area contributed by atoms with E-state index >= 15 is 0 Å². The maximum atomic E-state index is 13.4. The average Bonchev–Trinajstić information content (AvgIpc) is 3.04. The fourth-order valence-corrected chi connectivity index (χ4v) is 4.33. The van der Waals surface area contributed by atoms with Crippen molar-refractivity contribution in [2.24, 2.45) is 0 Å². The van der Waals surface area contributed by atoms with Gasteiger partial charge in [0.25, 0.3) is 11.1 Å². The highest BCUT2D eigenvalue weighted by molar-refractivity contribution is 6.04. The molecule has 0 fully saturated rings. The quantitative estimate of drug-likeness (QED) is 0.676. The summed E-state index contributed by atoms with van der Waals surface area (Å²) in [4.78, 5) is 39.5. The third-order valence-corrected chi connectivity index (χ3v) is 5.47. The largest absolute Gasteiger partial charge is 0.398 e. The number of hydrogen-bond acceptors (Lipinski definition) is 4. The Morgan fingerprint density at radius 2 is 1.67 bits per heavy atom. The van der Waals surface area contributed by atoms with Crippen LogP contribution in [0, 0.1) is 0 Å². The van der Waals surface area contributed by atoms with Gasteiger partial charge in [0.15, 0.2) is 5.78 Å². The van der Waals surface area contributed by atoms with Crippen molar-refractivity contribution in [3.63, 3.8) is 0 Å². The molecule has 0 radical (unpaired) electrons. The SMILES string of the molecule is Nc1cccc2c(=O)n3n(c(=O)c12)C1=C(C(=O)CCC1)C3c1ccccc1. The van der Waals surface area contributed by atoms with Gasteiger partial charge in [-0.05, 0) is 30.5 Å². The number of fused-ring (bicyclic) bond motifs is 3. The van der Waals surface area contributed by atoms with E-state index in [0.717, 1.165) is 5.56 Å². The normalized spacial score (nSPS) is 18.7. The molecule has 0 amide bonds. The van der Waals surface area contributed by atoms with Crippen LogP contribution in [0.25, 0.3) is 16.5 Å². The number of Topliss-reactive ketones (excluding diaryl/α,β-unsaturated/α-hetero) is 1. The Hall–Kier alpha value is -3.41. The van der Waals surface area contributed by atoms with E-state index in [2.05, 4.69) is 0 Å². The molecule has 27 heavy (non-hydrogen) atoms. The first-order valence-electron chi connectivity index (χ1n) is 8.97. The van der Waals surface area contributed by atoms with Crippen molar-refractivity contribution in [1.29, 1.82) is 0 Å². The number of nitrogens with two attached hydrogens (primary N) is 1. The molecule has 2 heterocycles. The number of carbonyl (C=O) groups excluding carboxylic acids is 1. The smallest absolute Gasteiger partial charge is 0.279 e. The Balaban J connectivity index is 1.97. The lowest BCUT2D eigenvalue weighted by Crippen LogP contribution is -2.37. The lowest BCUT2D eigenvalue weighted by atomic mass is 9.88. The molecule has 0 saturated carbocycles. The van der Waals surface area contributed by atoms with Crippen molar-refractivity contribution >= 4 is 27.9 Å². The van der Waals surface area contributed by atoms with Crippen LogP contribution >= 0.6 is 0 Å². The standard InChI is InChI=1S/C21H17N3O3/c22-14-9-4-8-13-17(14)21(27)23-15-10-5-11-16(25)18(15)19(24(23)20(13)26)12-6-2-1-3-7-12/h1-4,6-9,19H,5,10-11,22H2. The summed E-state index contributed by atoms with van der Waals surface area (Å²) in [5, 5.41) is 0.502. The summed E-state index contributed by atoms with van der Waals surface area (Å²) in [6.45, 7) is 0. The molecule has 6 heteroatoms. The van der Waals surface area contributed by atoms with Gasteiger partial charge in [-0.1, -0.05) is 36.4 Å². The predicted molar refractivity (Wildman–Crippen MR) is 104 cm³/mol. The fraction of sp³-hybridized carbons (Fsp3) is 0.190. The van der Waals surface area contributed by atoms with Crippen LogP contribution in [0.4, 0.5) is 5.69 Å². The molecule has 1 aliphatic carbocycles. The molecule has 1 atom stereocenters. The molecule has 6 nitrogen and oxygen atoms in total. The molecule has 3 aromatic rings. The Labute approximate surface area is 154 Å². The van der Waals surface area contributed by atoms with E-state index in [1.165, 1.54) is 9.36 Å². The highest BCUT2D eigenvalue weighted by Gasteiger charge is 2.40. The van der Waals surface area contributed by atoms with E-state index in [-0.39, 0.29) is 33.4 Å². The van der Waals surface area contributed by atoms with Crippen LogP contribution < -0.4 is 16.9 Å². The van der Waals surface area contributed by atoms with Crippen LogP contribution in [-0.4, -0.2) is 15.1 Å². The van der Waals surface area contributed by atoms with Crippen molar-refractivity contribution in [1.82, 2.24) is 9.36 Å². The highest BCUT2D eigenvalue weighted by atomic mass is 16.2. The van der Waals surface area contributed by atoms with Gasteiger partial charge in [0, 0.05) is 17.7 Å². The van der Waals surface area contributed by atoms with Gasteiger partial charge in [0.05, 0.1) is 16.5 Å². The third kappa shape index (κ3) is 2.04.